The molecule has 0 aliphatic rings. The average Bonchev–Trinajstić information content (AvgIpc) is 2.02. The van der Waals surface area contributed by atoms with Gasteiger partial charge in [0.15, 0.2) is 5.67 Å². The van der Waals surface area contributed by atoms with Gasteiger partial charge in [0.1, 0.15) is 0 Å². The van der Waals surface area contributed by atoms with Gasteiger partial charge in [-0.05, 0) is 38.5 Å². The zero-order valence-electron chi connectivity index (χ0n) is 8.64. The summed E-state index contributed by atoms with van der Waals surface area (Å²) in [5, 5.41) is 0.524. The van der Waals surface area contributed by atoms with Crippen molar-refractivity contribution in [1.82, 2.24) is 0 Å². The monoisotopic (exact) mass is 215 g/mol. The summed E-state index contributed by atoms with van der Waals surface area (Å²) in [6.45, 7) is 4.79. The number of hydrogen-bond donors (Lipinski definition) is 1. The Morgan fingerprint density at radius 2 is 1.86 bits per heavy atom. The molecule has 0 spiro atoms. The molecule has 0 aliphatic heterocycles. The van der Waals surface area contributed by atoms with E-state index in [1.807, 2.05) is 0 Å². The second-order valence-electron chi connectivity index (χ2n) is 4.23. The summed E-state index contributed by atoms with van der Waals surface area (Å²) in [5.41, 5.74) is 3.77. The molecular formula is C11H15ClFN. The molecule has 2 N–H and O–H groups in total. The van der Waals surface area contributed by atoms with Crippen LogP contribution in [0.25, 0.3) is 0 Å². The Labute approximate surface area is 89.1 Å². The third-order valence-electron chi connectivity index (χ3n) is 2.58. The standard InChI is InChI=1S/C11H15ClFN/c1-10(2,14)11(3,13)8-5-4-6-9(12)7-8/h4-7H,14H2,1-3H3. The maximum absolute atomic E-state index is 14.3. The zero-order chi connectivity index (χ0) is 11.0. The van der Waals surface area contributed by atoms with Crippen molar-refractivity contribution in [2.24, 2.45) is 5.73 Å². The minimum absolute atomic E-state index is 0.512. The molecule has 1 aromatic rings. The van der Waals surface area contributed by atoms with Gasteiger partial charge in [-0.2, -0.15) is 0 Å². The van der Waals surface area contributed by atoms with Crippen LogP contribution in [0.3, 0.4) is 0 Å². The summed E-state index contributed by atoms with van der Waals surface area (Å²) in [7, 11) is 0. The van der Waals surface area contributed by atoms with E-state index in [1.165, 1.54) is 6.92 Å². The maximum atomic E-state index is 14.3. The van der Waals surface area contributed by atoms with Gasteiger partial charge in [-0.15, -0.1) is 0 Å². The molecule has 0 fully saturated rings. The Balaban J connectivity index is 3.16. The predicted octanol–water partition coefficient (Wildman–Crippen LogP) is 3.26. The van der Waals surface area contributed by atoms with Crippen LogP contribution >= 0.6 is 11.6 Å². The molecule has 14 heavy (non-hydrogen) atoms. The van der Waals surface area contributed by atoms with Crippen molar-refractivity contribution in [2.45, 2.75) is 32.0 Å². The molecule has 0 radical (unpaired) electrons. The molecule has 0 saturated heterocycles. The molecule has 78 valence electrons. The van der Waals surface area contributed by atoms with E-state index in [1.54, 1.807) is 38.1 Å². The summed E-state index contributed by atoms with van der Waals surface area (Å²) < 4.78 is 14.3. The summed E-state index contributed by atoms with van der Waals surface area (Å²) in [5.74, 6) is 0. The van der Waals surface area contributed by atoms with Gasteiger partial charge in [0, 0.05) is 10.6 Å². The van der Waals surface area contributed by atoms with Gasteiger partial charge >= 0.3 is 0 Å². The fraction of sp³-hybridized carbons (Fsp3) is 0.455. The van der Waals surface area contributed by atoms with E-state index >= 15 is 0 Å². The first-order valence-electron chi connectivity index (χ1n) is 4.49. The van der Waals surface area contributed by atoms with Crippen molar-refractivity contribution in [3.8, 4) is 0 Å². The van der Waals surface area contributed by atoms with Crippen LogP contribution < -0.4 is 5.73 Å². The number of benzene rings is 1. The van der Waals surface area contributed by atoms with E-state index in [0.29, 0.717) is 10.6 Å². The molecule has 1 unspecified atom stereocenters. The molecule has 0 aliphatic carbocycles. The maximum Gasteiger partial charge on any atom is 0.150 e. The third-order valence-corrected chi connectivity index (χ3v) is 2.81. The van der Waals surface area contributed by atoms with Gasteiger partial charge in [0.05, 0.1) is 0 Å². The first kappa shape index (κ1) is 11.5. The Morgan fingerprint density at radius 1 is 1.29 bits per heavy atom. The normalized spacial score (nSPS) is 16.4. The molecule has 1 nitrogen and oxygen atoms in total. The van der Waals surface area contributed by atoms with Crippen molar-refractivity contribution in [3.05, 3.63) is 34.9 Å². The first-order chi connectivity index (χ1) is 6.25. The van der Waals surface area contributed by atoms with Crippen LogP contribution in [0.4, 0.5) is 4.39 Å². The smallest absolute Gasteiger partial charge is 0.150 e. The number of halogens is 2. The number of rotatable bonds is 2. The fourth-order valence-corrected chi connectivity index (χ4v) is 1.34. The molecule has 1 rings (SSSR count). The quantitative estimate of drug-likeness (QED) is 0.805. The summed E-state index contributed by atoms with van der Waals surface area (Å²) in [6, 6.07) is 6.74. The van der Waals surface area contributed by atoms with Crippen molar-refractivity contribution in [1.29, 1.82) is 0 Å². The van der Waals surface area contributed by atoms with Crippen LogP contribution in [0.5, 0.6) is 0 Å². The summed E-state index contributed by atoms with van der Waals surface area (Å²) >= 11 is 5.79. The highest BCUT2D eigenvalue weighted by Gasteiger charge is 2.40. The van der Waals surface area contributed by atoms with Gasteiger partial charge < -0.3 is 5.73 Å². The van der Waals surface area contributed by atoms with Crippen molar-refractivity contribution in [2.75, 3.05) is 0 Å². The van der Waals surface area contributed by atoms with Crippen molar-refractivity contribution >= 4 is 11.6 Å². The Kier molecular flexibility index (Phi) is 2.88. The van der Waals surface area contributed by atoms with E-state index in [9.17, 15) is 4.39 Å². The van der Waals surface area contributed by atoms with E-state index < -0.39 is 11.2 Å². The number of alkyl halides is 1. The van der Waals surface area contributed by atoms with E-state index in [4.69, 9.17) is 17.3 Å². The van der Waals surface area contributed by atoms with Crippen LogP contribution in [-0.4, -0.2) is 5.54 Å². The zero-order valence-corrected chi connectivity index (χ0v) is 9.40. The molecule has 1 aromatic carbocycles. The van der Waals surface area contributed by atoms with Crippen molar-refractivity contribution in [3.63, 3.8) is 0 Å². The number of hydrogen-bond acceptors (Lipinski definition) is 1. The van der Waals surface area contributed by atoms with Crippen LogP contribution in [0.1, 0.15) is 26.3 Å². The number of nitrogens with two attached hydrogens (primary N) is 1. The highest BCUT2D eigenvalue weighted by molar-refractivity contribution is 6.30. The lowest BCUT2D eigenvalue weighted by molar-refractivity contribution is 0.0955. The lowest BCUT2D eigenvalue weighted by Crippen LogP contribution is -2.49. The fourth-order valence-electron chi connectivity index (χ4n) is 1.15. The Morgan fingerprint density at radius 3 is 2.29 bits per heavy atom. The lowest BCUT2D eigenvalue weighted by atomic mass is 9.81. The van der Waals surface area contributed by atoms with Crippen LogP contribution in [0.15, 0.2) is 24.3 Å². The van der Waals surface area contributed by atoms with Crippen LogP contribution in [-0.2, 0) is 5.67 Å². The minimum Gasteiger partial charge on any atom is -0.323 e. The van der Waals surface area contributed by atoms with Gasteiger partial charge in [-0.3, -0.25) is 0 Å². The first-order valence-corrected chi connectivity index (χ1v) is 4.87. The molecule has 3 heteroatoms. The van der Waals surface area contributed by atoms with Gasteiger partial charge in [-0.1, -0.05) is 23.7 Å². The Bertz CT molecular complexity index is 328. The van der Waals surface area contributed by atoms with Crippen LogP contribution in [0, 0.1) is 0 Å². The van der Waals surface area contributed by atoms with E-state index in [2.05, 4.69) is 0 Å². The molecule has 0 bridgehead atoms. The summed E-state index contributed by atoms with van der Waals surface area (Å²) in [4.78, 5) is 0. The van der Waals surface area contributed by atoms with Crippen LogP contribution in [0.2, 0.25) is 5.02 Å². The SMILES string of the molecule is CC(C)(N)C(C)(F)c1cccc(Cl)c1. The molecule has 0 heterocycles. The third kappa shape index (κ3) is 2.07. The Hall–Kier alpha value is -0.600. The average molecular weight is 216 g/mol. The highest BCUT2D eigenvalue weighted by Crippen LogP contribution is 2.35. The molecule has 1 atom stereocenters. The van der Waals surface area contributed by atoms with Gasteiger partial charge in [-0.25, -0.2) is 4.39 Å². The topological polar surface area (TPSA) is 26.0 Å². The molecular weight excluding hydrogens is 201 g/mol. The van der Waals surface area contributed by atoms with Gasteiger partial charge in [0.25, 0.3) is 0 Å². The predicted molar refractivity (Wildman–Crippen MR) is 58.2 cm³/mol. The van der Waals surface area contributed by atoms with E-state index in [-0.39, 0.29) is 0 Å². The van der Waals surface area contributed by atoms with Crippen molar-refractivity contribution < 1.29 is 4.39 Å². The molecule has 0 amide bonds. The van der Waals surface area contributed by atoms with E-state index in [0.717, 1.165) is 0 Å². The second-order valence-corrected chi connectivity index (χ2v) is 4.67. The largest absolute Gasteiger partial charge is 0.323 e. The highest BCUT2D eigenvalue weighted by atomic mass is 35.5. The second kappa shape index (κ2) is 3.52. The molecule has 0 saturated carbocycles. The minimum atomic E-state index is -1.59. The van der Waals surface area contributed by atoms with Gasteiger partial charge in [0.2, 0.25) is 0 Å². The lowest BCUT2D eigenvalue weighted by Gasteiger charge is -2.34. The molecule has 0 aromatic heterocycles. The summed E-state index contributed by atoms with van der Waals surface area (Å²) in [6.07, 6.45) is 0.